The van der Waals surface area contributed by atoms with Gasteiger partial charge in [0, 0.05) is 16.1 Å². The van der Waals surface area contributed by atoms with Gasteiger partial charge in [0.1, 0.15) is 0 Å². The summed E-state index contributed by atoms with van der Waals surface area (Å²) < 4.78 is 6.89. The Morgan fingerprint density at radius 2 is 2.25 bits per heavy atom. The molecule has 0 N–H and O–H groups in total. The van der Waals surface area contributed by atoms with Crippen molar-refractivity contribution in [1.82, 2.24) is 0 Å². The van der Waals surface area contributed by atoms with Gasteiger partial charge in [-0.1, -0.05) is 59.2 Å². The van der Waals surface area contributed by atoms with Crippen LogP contribution in [0.4, 0.5) is 0 Å². The topological polar surface area (TPSA) is 9.23 Å². The molecule has 1 unspecified atom stereocenters. The van der Waals surface area contributed by atoms with Crippen molar-refractivity contribution in [3.05, 3.63) is 34.9 Å². The van der Waals surface area contributed by atoms with Crippen LogP contribution >= 0.6 is 34.2 Å². The van der Waals surface area contributed by atoms with Crippen LogP contribution in [0.3, 0.4) is 0 Å². The molecule has 0 aliphatic heterocycles. The Hall–Kier alpha value is 0.200. The lowest BCUT2D eigenvalue weighted by molar-refractivity contribution is 0.0665. The summed E-state index contributed by atoms with van der Waals surface area (Å²) in [6, 6.07) is 7.98. The molecule has 0 aromatic heterocycles. The van der Waals surface area contributed by atoms with Gasteiger partial charge in [-0.2, -0.15) is 0 Å². The molecule has 0 spiro atoms. The van der Waals surface area contributed by atoms with Crippen molar-refractivity contribution in [3.8, 4) is 0 Å². The maximum Gasteiger partial charge on any atom is 0.0914 e. The quantitative estimate of drug-likeness (QED) is 0.537. The van der Waals surface area contributed by atoms with E-state index < -0.39 is 0 Å². The van der Waals surface area contributed by atoms with Gasteiger partial charge in [-0.05, 0) is 30.0 Å². The van der Waals surface area contributed by atoms with Crippen molar-refractivity contribution >= 4 is 34.2 Å². The van der Waals surface area contributed by atoms with E-state index in [0.717, 1.165) is 22.0 Å². The second-order valence-electron chi connectivity index (χ2n) is 4.30. The predicted octanol–water partition coefficient (Wildman–Crippen LogP) is 4.63. The molecular formula is C13H16ClIO. The predicted molar refractivity (Wildman–Crippen MR) is 76.4 cm³/mol. The third-order valence-electron chi connectivity index (χ3n) is 2.90. The SMILES string of the molecule is Clc1cccc(C(CI)OCCC2CC2)c1. The first kappa shape index (κ1) is 12.7. The molecule has 1 aliphatic rings. The van der Waals surface area contributed by atoms with Crippen molar-refractivity contribution in [2.75, 3.05) is 11.0 Å². The largest absolute Gasteiger partial charge is 0.373 e. The first-order valence-electron chi connectivity index (χ1n) is 5.72. The summed E-state index contributed by atoms with van der Waals surface area (Å²) in [6.45, 7) is 0.880. The fraction of sp³-hybridized carbons (Fsp3) is 0.538. The Bertz CT molecular complexity index is 338. The summed E-state index contributed by atoms with van der Waals surface area (Å²) >= 11 is 8.35. The molecule has 1 atom stereocenters. The van der Waals surface area contributed by atoms with Gasteiger partial charge < -0.3 is 4.74 Å². The van der Waals surface area contributed by atoms with Gasteiger partial charge in [-0.3, -0.25) is 0 Å². The number of halogens is 2. The Morgan fingerprint density at radius 1 is 1.44 bits per heavy atom. The minimum Gasteiger partial charge on any atom is -0.373 e. The molecule has 0 radical (unpaired) electrons. The standard InChI is InChI=1S/C13H16ClIO/c14-12-3-1-2-11(8-12)13(9-15)16-7-6-10-4-5-10/h1-3,8,10,13H,4-7,9H2. The zero-order valence-corrected chi connectivity index (χ0v) is 12.1. The van der Waals surface area contributed by atoms with Crippen molar-refractivity contribution < 1.29 is 4.74 Å². The van der Waals surface area contributed by atoms with E-state index >= 15 is 0 Å². The van der Waals surface area contributed by atoms with Crippen LogP contribution in [-0.4, -0.2) is 11.0 Å². The molecule has 1 aromatic rings. The molecule has 1 nitrogen and oxygen atoms in total. The molecule has 1 saturated carbocycles. The van der Waals surface area contributed by atoms with Gasteiger partial charge in [-0.25, -0.2) is 0 Å². The van der Waals surface area contributed by atoms with E-state index in [4.69, 9.17) is 16.3 Å². The van der Waals surface area contributed by atoms with Gasteiger partial charge in [0.2, 0.25) is 0 Å². The second kappa shape index (κ2) is 6.22. The molecule has 16 heavy (non-hydrogen) atoms. The van der Waals surface area contributed by atoms with Crippen molar-refractivity contribution in [1.29, 1.82) is 0 Å². The van der Waals surface area contributed by atoms with Crippen LogP contribution in [0, 0.1) is 5.92 Å². The van der Waals surface area contributed by atoms with Gasteiger partial charge in [-0.15, -0.1) is 0 Å². The zero-order valence-electron chi connectivity index (χ0n) is 9.16. The summed E-state index contributed by atoms with van der Waals surface area (Å²) in [5.41, 5.74) is 1.19. The number of alkyl halides is 1. The van der Waals surface area contributed by atoms with E-state index in [1.54, 1.807) is 0 Å². The third-order valence-corrected chi connectivity index (χ3v) is 3.94. The fourth-order valence-electron chi connectivity index (χ4n) is 1.72. The second-order valence-corrected chi connectivity index (χ2v) is 5.62. The summed E-state index contributed by atoms with van der Waals surface area (Å²) in [6.07, 6.45) is 4.21. The average molecular weight is 351 g/mol. The maximum atomic E-state index is 5.98. The summed E-state index contributed by atoms with van der Waals surface area (Å²) in [5, 5.41) is 0.790. The smallest absolute Gasteiger partial charge is 0.0914 e. The van der Waals surface area contributed by atoms with E-state index in [9.17, 15) is 0 Å². The molecule has 2 rings (SSSR count). The summed E-state index contributed by atoms with van der Waals surface area (Å²) in [4.78, 5) is 0. The first-order chi connectivity index (χ1) is 7.79. The number of rotatable bonds is 6. The van der Waals surface area contributed by atoms with Gasteiger partial charge in [0.15, 0.2) is 0 Å². The molecule has 0 amide bonds. The fourth-order valence-corrected chi connectivity index (χ4v) is 2.68. The highest BCUT2D eigenvalue weighted by atomic mass is 127. The van der Waals surface area contributed by atoms with Crippen LogP contribution in [0.1, 0.15) is 30.9 Å². The Labute approximate surface area is 116 Å². The lowest BCUT2D eigenvalue weighted by Gasteiger charge is -2.16. The van der Waals surface area contributed by atoms with Crippen molar-refractivity contribution in [2.45, 2.75) is 25.4 Å². The highest BCUT2D eigenvalue weighted by molar-refractivity contribution is 14.1. The van der Waals surface area contributed by atoms with Gasteiger partial charge in [0.05, 0.1) is 6.10 Å². The Morgan fingerprint density at radius 3 is 2.88 bits per heavy atom. The van der Waals surface area contributed by atoms with Crippen LogP contribution < -0.4 is 0 Å². The number of benzene rings is 1. The van der Waals surface area contributed by atoms with Gasteiger partial charge >= 0.3 is 0 Å². The number of hydrogen-bond acceptors (Lipinski definition) is 1. The van der Waals surface area contributed by atoms with Crippen LogP contribution in [0.2, 0.25) is 5.02 Å². The normalized spacial score (nSPS) is 17.4. The van der Waals surface area contributed by atoms with E-state index in [0.29, 0.717) is 0 Å². The maximum absolute atomic E-state index is 5.98. The van der Waals surface area contributed by atoms with E-state index in [1.807, 2.05) is 18.2 Å². The van der Waals surface area contributed by atoms with Gasteiger partial charge in [0.25, 0.3) is 0 Å². The average Bonchev–Trinajstić information content (AvgIpc) is 3.08. The highest BCUT2D eigenvalue weighted by Gasteiger charge is 2.21. The number of ether oxygens (including phenoxy) is 1. The van der Waals surface area contributed by atoms with Crippen molar-refractivity contribution in [3.63, 3.8) is 0 Å². The molecular weight excluding hydrogens is 334 g/mol. The highest BCUT2D eigenvalue weighted by Crippen LogP contribution is 2.33. The van der Waals surface area contributed by atoms with E-state index in [-0.39, 0.29) is 6.10 Å². The third kappa shape index (κ3) is 3.90. The lowest BCUT2D eigenvalue weighted by Crippen LogP contribution is -2.07. The molecule has 0 saturated heterocycles. The van der Waals surface area contributed by atoms with E-state index in [1.165, 1.54) is 24.8 Å². The van der Waals surface area contributed by atoms with Crippen LogP contribution in [0.25, 0.3) is 0 Å². The first-order valence-corrected chi connectivity index (χ1v) is 7.63. The summed E-state index contributed by atoms with van der Waals surface area (Å²) in [7, 11) is 0. The molecule has 0 bridgehead atoms. The van der Waals surface area contributed by atoms with Crippen LogP contribution in [0.15, 0.2) is 24.3 Å². The Balaban J connectivity index is 1.87. The summed E-state index contributed by atoms with van der Waals surface area (Å²) in [5.74, 6) is 0.939. The van der Waals surface area contributed by atoms with Crippen LogP contribution in [-0.2, 0) is 4.74 Å². The minimum absolute atomic E-state index is 0.193. The molecule has 1 fully saturated rings. The van der Waals surface area contributed by atoms with Crippen molar-refractivity contribution in [2.24, 2.45) is 5.92 Å². The minimum atomic E-state index is 0.193. The molecule has 1 aliphatic carbocycles. The van der Waals surface area contributed by atoms with E-state index in [2.05, 4.69) is 28.7 Å². The molecule has 3 heteroatoms. The molecule has 0 heterocycles. The zero-order chi connectivity index (χ0) is 11.4. The lowest BCUT2D eigenvalue weighted by atomic mass is 10.1. The monoisotopic (exact) mass is 350 g/mol. The molecule has 1 aromatic carbocycles. The Kier molecular flexibility index (Phi) is 4.92. The van der Waals surface area contributed by atoms with Crippen LogP contribution in [0.5, 0.6) is 0 Å². The molecule has 88 valence electrons. The number of hydrogen-bond donors (Lipinski definition) is 0.